The highest BCUT2D eigenvalue weighted by molar-refractivity contribution is 14.2. The molecule has 0 amide bonds. The van der Waals surface area contributed by atoms with E-state index >= 15 is 0 Å². The predicted octanol–water partition coefficient (Wildman–Crippen LogP) is 3.75. The molecule has 0 atom stereocenters. The van der Waals surface area contributed by atoms with Crippen LogP contribution >= 0.6 is 21.0 Å². The number of aromatic nitrogens is 2. The molecule has 1 N–H and O–H groups in total. The SMILES string of the molecule is N#Cc1cn(-c2cc(C3=IN=NN3)ccn2)cc1-c1ccccc1. The fourth-order valence-electron chi connectivity index (χ4n) is 2.47. The molecule has 116 valence electrons. The molecule has 3 aromatic rings. The molecule has 0 aliphatic carbocycles. The van der Waals surface area contributed by atoms with Gasteiger partial charge in [-0.05, 0) is 17.7 Å². The lowest BCUT2D eigenvalue weighted by atomic mass is 10.1. The number of rotatable bonds is 3. The van der Waals surface area contributed by atoms with Crippen molar-refractivity contribution in [3.63, 3.8) is 0 Å². The highest BCUT2D eigenvalue weighted by Crippen LogP contribution is 2.26. The molecular weight excluding hydrogens is 415 g/mol. The average molecular weight is 426 g/mol. The Balaban J connectivity index is 1.77. The van der Waals surface area contributed by atoms with E-state index in [1.165, 1.54) is 0 Å². The third-order valence-corrected chi connectivity index (χ3v) is 5.38. The van der Waals surface area contributed by atoms with Gasteiger partial charge in [0.15, 0.2) is 0 Å². The second-order valence-corrected chi connectivity index (χ2v) is 7.05. The number of halogens is 1. The van der Waals surface area contributed by atoms with E-state index < -0.39 is 21.0 Å². The van der Waals surface area contributed by atoms with Gasteiger partial charge in [-0.1, -0.05) is 35.6 Å². The van der Waals surface area contributed by atoms with Gasteiger partial charge in [-0.25, -0.2) is 4.98 Å². The lowest BCUT2D eigenvalue weighted by Gasteiger charge is -2.05. The fraction of sp³-hybridized carbons (Fsp3) is 0. The van der Waals surface area contributed by atoms with Gasteiger partial charge in [-0.3, -0.25) is 5.43 Å². The molecule has 1 aliphatic heterocycles. The number of nitrogens with one attached hydrogen (secondary N) is 1. The van der Waals surface area contributed by atoms with E-state index in [2.05, 4.69) is 25.0 Å². The third kappa shape index (κ3) is 2.72. The molecule has 0 bridgehead atoms. The monoisotopic (exact) mass is 426 g/mol. The van der Waals surface area contributed by atoms with Crippen molar-refractivity contribution in [1.29, 1.82) is 5.26 Å². The van der Waals surface area contributed by atoms with Gasteiger partial charge in [0, 0.05) is 29.7 Å². The minimum Gasteiger partial charge on any atom is -0.307 e. The van der Waals surface area contributed by atoms with Gasteiger partial charge in [0.05, 0.1) is 26.6 Å². The van der Waals surface area contributed by atoms with Crippen LogP contribution < -0.4 is 5.43 Å². The summed E-state index contributed by atoms with van der Waals surface area (Å²) in [7, 11) is 0. The van der Waals surface area contributed by atoms with Crippen molar-refractivity contribution in [2.75, 3.05) is 0 Å². The van der Waals surface area contributed by atoms with Crippen molar-refractivity contribution in [3.8, 4) is 23.0 Å². The highest BCUT2D eigenvalue weighted by Gasteiger charge is 2.12. The standard InChI is InChI=1S/C17H11IN6/c19-9-14-10-24(11-15(14)12-4-2-1-3-5-12)16-8-13(6-7-20-16)17-18-22-23-21-17/h1-8,10-11H,(H,21,22). The maximum absolute atomic E-state index is 9.45. The maximum Gasteiger partial charge on any atom is 0.137 e. The van der Waals surface area contributed by atoms with Gasteiger partial charge < -0.3 is 4.57 Å². The van der Waals surface area contributed by atoms with Gasteiger partial charge >= 0.3 is 0 Å². The van der Waals surface area contributed by atoms with Crippen LogP contribution in [-0.2, 0) is 0 Å². The first kappa shape index (κ1) is 14.7. The topological polar surface area (TPSA) is 78.4 Å². The van der Waals surface area contributed by atoms with Gasteiger partial charge in [-0.15, -0.1) is 3.33 Å². The molecule has 0 fully saturated rings. The molecule has 0 spiro atoms. The highest BCUT2D eigenvalue weighted by atomic mass is 127. The average Bonchev–Trinajstić information content (AvgIpc) is 3.32. The summed E-state index contributed by atoms with van der Waals surface area (Å²) in [6.45, 7) is 0. The number of benzene rings is 1. The van der Waals surface area contributed by atoms with Crippen molar-refractivity contribution in [1.82, 2.24) is 15.0 Å². The molecule has 0 radical (unpaired) electrons. The van der Waals surface area contributed by atoms with E-state index in [1.807, 2.05) is 59.4 Å². The molecular formula is C17H11IN6. The predicted molar refractivity (Wildman–Crippen MR) is 99.8 cm³/mol. The Labute approximate surface area is 148 Å². The minimum absolute atomic E-state index is 0.452. The molecule has 4 rings (SSSR count). The zero-order chi connectivity index (χ0) is 16.4. The first-order chi connectivity index (χ1) is 11.8. The Morgan fingerprint density at radius 2 is 1.96 bits per heavy atom. The molecule has 0 unspecified atom stereocenters. The van der Waals surface area contributed by atoms with Gasteiger partial charge in [0.2, 0.25) is 0 Å². The van der Waals surface area contributed by atoms with Crippen LogP contribution in [-0.4, -0.2) is 13.2 Å². The second kappa shape index (κ2) is 6.33. The summed E-state index contributed by atoms with van der Waals surface area (Å²) in [5.41, 5.74) is 6.51. The Morgan fingerprint density at radius 1 is 1.08 bits per heavy atom. The first-order valence-corrected chi connectivity index (χ1v) is 9.21. The Morgan fingerprint density at radius 3 is 2.71 bits per heavy atom. The second-order valence-electron chi connectivity index (χ2n) is 5.06. The Hall–Kier alpha value is -2.86. The van der Waals surface area contributed by atoms with Gasteiger partial charge in [0.1, 0.15) is 15.5 Å². The summed E-state index contributed by atoms with van der Waals surface area (Å²) in [5.74, 6) is 0.761. The maximum atomic E-state index is 9.45. The summed E-state index contributed by atoms with van der Waals surface area (Å²) in [4.78, 5) is 4.43. The fourth-order valence-corrected chi connectivity index (χ4v) is 3.73. The Kier molecular flexibility index (Phi) is 3.88. The van der Waals surface area contributed by atoms with Crippen LogP contribution in [0.4, 0.5) is 0 Å². The first-order valence-electron chi connectivity index (χ1n) is 7.16. The summed E-state index contributed by atoms with van der Waals surface area (Å²) in [6, 6.07) is 16.1. The van der Waals surface area contributed by atoms with Crippen LogP contribution in [0.2, 0.25) is 0 Å². The molecule has 1 aromatic carbocycles. The third-order valence-electron chi connectivity index (χ3n) is 3.60. The van der Waals surface area contributed by atoms with Gasteiger partial charge in [-0.2, -0.15) is 5.26 Å². The number of pyridine rings is 1. The van der Waals surface area contributed by atoms with Crippen molar-refractivity contribution in [3.05, 3.63) is 72.2 Å². The molecule has 2 aromatic heterocycles. The molecule has 7 heteroatoms. The molecule has 6 nitrogen and oxygen atoms in total. The van der Waals surface area contributed by atoms with E-state index in [9.17, 15) is 5.26 Å². The van der Waals surface area contributed by atoms with E-state index in [4.69, 9.17) is 0 Å². The molecule has 24 heavy (non-hydrogen) atoms. The van der Waals surface area contributed by atoms with Crippen molar-refractivity contribution in [2.24, 2.45) is 8.55 Å². The molecule has 0 saturated heterocycles. The zero-order valence-corrected chi connectivity index (χ0v) is 14.5. The van der Waals surface area contributed by atoms with Crippen LogP contribution in [0.15, 0.2) is 69.6 Å². The Bertz CT molecular complexity index is 997. The van der Waals surface area contributed by atoms with Crippen LogP contribution in [0.5, 0.6) is 0 Å². The summed E-state index contributed by atoms with van der Waals surface area (Å²) in [5, 5.41) is 13.3. The quantitative estimate of drug-likeness (QED) is 0.649. The lowest BCUT2D eigenvalue weighted by Crippen LogP contribution is -2.13. The summed E-state index contributed by atoms with van der Waals surface area (Å²) >= 11 is -0.452. The lowest BCUT2D eigenvalue weighted by molar-refractivity contribution is 0.972. The number of nitrogens with zero attached hydrogens (tertiary/aromatic N) is 5. The van der Waals surface area contributed by atoms with Crippen LogP contribution in [0.25, 0.3) is 16.9 Å². The minimum atomic E-state index is -0.452. The normalized spacial score (nSPS) is 12.9. The smallest absolute Gasteiger partial charge is 0.137 e. The number of hydrogen-bond donors (Lipinski definition) is 1. The van der Waals surface area contributed by atoms with Crippen LogP contribution in [0.3, 0.4) is 0 Å². The largest absolute Gasteiger partial charge is 0.307 e. The van der Waals surface area contributed by atoms with Crippen LogP contribution in [0.1, 0.15) is 11.1 Å². The molecule has 0 saturated carbocycles. The van der Waals surface area contributed by atoms with E-state index in [-0.39, 0.29) is 0 Å². The van der Waals surface area contributed by atoms with E-state index in [1.54, 1.807) is 6.20 Å². The van der Waals surface area contributed by atoms with E-state index in [0.29, 0.717) is 5.56 Å². The number of nitriles is 1. The van der Waals surface area contributed by atoms with Crippen molar-refractivity contribution < 1.29 is 0 Å². The van der Waals surface area contributed by atoms with Crippen molar-refractivity contribution >= 4 is 24.6 Å². The summed E-state index contributed by atoms with van der Waals surface area (Å²) < 4.78 is 6.96. The zero-order valence-electron chi connectivity index (χ0n) is 12.4. The number of hydrogen-bond acceptors (Lipinski definition) is 5. The molecule has 3 heterocycles. The van der Waals surface area contributed by atoms with Crippen molar-refractivity contribution in [2.45, 2.75) is 0 Å². The van der Waals surface area contributed by atoms with Gasteiger partial charge in [0.25, 0.3) is 0 Å². The summed E-state index contributed by atoms with van der Waals surface area (Å²) in [6.07, 6.45) is 5.51. The molecule has 1 aliphatic rings. The van der Waals surface area contributed by atoms with E-state index in [0.717, 1.165) is 26.1 Å². The van der Waals surface area contributed by atoms with Crippen LogP contribution in [0, 0.1) is 11.3 Å².